The molecule has 0 heterocycles. The van der Waals surface area contributed by atoms with Gasteiger partial charge < -0.3 is 10.2 Å². The maximum Gasteiger partial charge on any atom is 0.120 e. The molecule has 104 valence electrons. The molecule has 2 atom stereocenters. The van der Waals surface area contributed by atoms with Crippen LogP contribution in [0.4, 0.5) is 0 Å². The van der Waals surface area contributed by atoms with Gasteiger partial charge in [-0.05, 0) is 60.4 Å². The van der Waals surface area contributed by atoms with Crippen LogP contribution in [0.5, 0.6) is 0 Å². The van der Waals surface area contributed by atoms with Crippen molar-refractivity contribution in [1.29, 1.82) is 0 Å². The van der Waals surface area contributed by atoms with E-state index in [9.17, 15) is 10.2 Å². The zero-order valence-corrected chi connectivity index (χ0v) is 14.3. The maximum absolute atomic E-state index is 10.9. The molecule has 0 spiro atoms. The first kappa shape index (κ1) is 14.3. The van der Waals surface area contributed by atoms with Gasteiger partial charge in [-0.1, -0.05) is 44.0 Å². The molecule has 0 saturated heterocycles. The van der Waals surface area contributed by atoms with Crippen molar-refractivity contribution in [2.75, 3.05) is 0 Å². The van der Waals surface area contributed by atoms with Crippen molar-refractivity contribution < 1.29 is 10.2 Å². The lowest BCUT2D eigenvalue weighted by Crippen LogP contribution is -2.47. The molecule has 4 heteroatoms. The normalized spacial score (nSPS) is 27.9. The van der Waals surface area contributed by atoms with E-state index >= 15 is 0 Å². The van der Waals surface area contributed by atoms with Crippen LogP contribution in [-0.2, 0) is 11.2 Å². The smallest absolute Gasteiger partial charge is 0.120 e. The lowest BCUT2D eigenvalue weighted by Gasteiger charge is -2.45. The molecule has 1 aliphatic carbocycles. The summed E-state index contributed by atoms with van der Waals surface area (Å²) >= 11 is 6.86. The summed E-state index contributed by atoms with van der Waals surface area (Å²) in [5, 5.41) is 21.9. The Morgan fingerprint density at radius 2 is 1.10 bits per heavy atom. The van der Waals surface area contributed by atoms with E-state index in [1.807, 2.05) is 36.4 Å². The number of benzene rings is 2. The highest BCUT2D eigenvalue weighted by Crippen LogP contribution is 2.52. The number of halogens is 2. The van der Waals surface area contributed by atoms with Crippen molar-refractivity contribution in [3.63, 3.8) is 0 Å². The van der Waals surface area contributed by atoms with E-state index in [4.69, 9.17) is 0 Å². The second-order valence-corrected chi connectivity index (χ2v) is 7.36. The zero-order chi connectivity index (χ0) is 14.7. The summed E-state index contributed by atoms with van der Waals surface area (Å²) in [6.45, 7) is 3.31. The molecule has 2 aromatic rings. The van der Waals surface area contributed by atoms with Crippen molar-refractivity contribution >= 4 is 31.9 Å². The van der Waals surface area contributed by atoms with Crippen molar-refractivity contribution in [1.82, 2.24) is 0 Å². The van der Waals surface area contributed by atoms with Gasteiger partial charge in [-0.15, -0.1) is 0 Å². The van der Waals surface area contributed by atoms with Gasteiger partial charge in [-0.3, -0.25) is 0 Å². The highest BCUT2D eigenvalue weighted by molar-refractivity contribution is 9.10. The highest BCUT2D eigenvalue weighted by atomic mass is 79.9. The highest BCUT2D eigenvalue weighted by Gasteiger charge is 2.50. The maximum atomic E-state index is 10.9. The Balaban J connectivity index is 2.43. The van der Waals surface area contributed by atoms with Crippen molar-refractivity contribution in [3.05, 3.63) is 56.5 Å². The van der Waals surface area contributed by atoms with E-state index in [0.717, 1.165) is 31.2 Å². The molecule has 0 unspecified atom stereocenters. The largest absolute Gasteiger partial charge is 0.382 e. The Morgan fingerprint density at radius 1 is 0.750 bits per heavy atom. The van der Waals surface area contributed by atoms with E-state index in [1.165, 1.54) is 0 Å². The monoisotopic (exact) mass is 396 g/mol. The second-order valence-electron chi connectivity index (χ2n) is 5.52. The SMILES string of the molecule is C[C@]1(O)c2cc(Br)ccc2-c2ccc(Br)cc2[C@]1(C)O. The minimum absolute atomic E-state index is 0.728. The van der Waals surface area contributed by atoms with Gasteiger partial charge in [0, 0.05) is 8.95 Å². The Hall–Kier alpha value is -0.680. The molecule has 0 aromatic heterocycles. The van der Waals surface area contributed by atoms with Gasteiger partial charge in [-0.25, -0.2) is 0 Å². The van der Waals surface area contributed by atoms with Crippen LogP contribution in [0.2, 0.25) is 0 Å². The van der Waals surface area contributed by atoms with Gasteiger partial charge >= 0.3 is 0 Å². The van der Waals surface area contributed by atoms with Gasteiger partial charge in [0.05, 0.1) is 0 Å². The Kier molecular flexibility index (Phi) is 3.14. The number of fused-ring (bicyclic) bond motifs is 3. The molecular formula is C16H14Br2O2. The van der Waals surface area contributed by atoms with Gasteiger partial charge in [0.25, 0.3) is 0 Å². The predicted molar refractivity (Wildman–Crippen MR) is 86.4 cm³/mol. The molecule has 2 aromatic carbocycles. The van der Waals surface area contributed by atoms with E-state index in [-0.39, 0.29) is 0 Å². The minimum atomic E-state index is -1.36. The quantitative estimate of drug-likeness (QED) is 0.695. The summed E-state index contributed by atoms with van der Waals surface area (Å²) in [5.41, 5.74) is 0.637. The third kappa shape index (κ3) is 1.82. The number of aliphatic hydroxyl groups is 2. The average molecular weight is 398 g/mol. The molecule has 2 nitrogen and oxygen atoms in total. The first-order valence-electron chi connectivity index (χ1n) is 6.30. The minimum Gasteiger partial charge on any atom is -0.382 e. The van der Waals surface area contributed by atoms with Crippen LogP contribution in [0.1, 0.15) is 25.0 Å². The molecule has 0 saturated carbocycles. The number of hydrogen-bond donors (Lipinski definition) is 2. The summed E-state index contributed by atoms with van der Waals surface area (Å²) in [7, 11) is 0. The summed E-state index contributed by atoms with van der Waals surface area (Å²) in [4.78, 5) is 0. The molecule has 0 amide bonds. The van der Waals surface area contributed by atoms with E-state index in [2.05, 4.69) is 31.9 Å². The summed E-state index contributed by atoms with van der Waals surface area (Å²) in [6.07, 6.45) is 0. The summed E-state index contributed by atoms with van der Waals surface area (Å²) in [6, 6.07) is 11.6. The summed E-state index contributed by atoms with van der Waals surface area (Å²) < 4.78 is 1.76. The number of rotatable bonds is 0. The second kappa shape index (κ2) is 4.41. The fraction of sp³-hybridized carbons (Fsp3) is 0.250. The third-order valence-corrected chi connectivity index (χ3v) is 5.24. The van der Waals surface area contributed by atoms with Gasteiger partial charge in [-0.2, -0.15) is 0 Å². The standard InChI is InChI=1S/C16H14Br2O2/c1-15(19)13-7-9(17)3-5-11(13)12-6-4-10(18)8-14(12)16(15,2)20/h3-8,19-20H,1-2H3/t15-,16-/m0/s1. The van der Waals surface area contributed by atoms with Gasteiger partial charge in [0.1, 0.15) is 11.2 Å². The van der Waals surface area contributed by atoms with E-state index in [1.54, 1.807) is 13.8 Å². The molecule has 0 fully saturated rings. The van der Waals surface area contributed by atoms with Crippen molar-refractivity contribution in [2.45, 2.75) is 25.0 Å². The lowest BCUT2D eigenvalue weighted by molar-refractivity contribution is -0.144. The van der Waals surface area contributed by atoms with Gasteiger partial charge in [0.15, 0.2) is 0 Å². The first-order chi connectivity index (χ1) is 9.25. The van der Waals surface area contributed by atoms with Crippen molar-refractivity contribution in [2.24, 2.45) is 0 Å². The lowest BCUT2D eigenvalue weighted by atomic mass is 9.67. The fourth-order valence-corrected chi connectivity index (χ4v) is 3.55. The predicted octanol–water partition coefficient (Wildman–Crippen LogP) is 4.31. The van der Waals surface area contributed by atoms with Gasteiger partial charge in [0.2, 0.25) is 0 Å². The molecule has 3 rings (SSSR count). The molecule has 0 bridgehead atoms. The molecule has 20 heavy (non-hydrogen) atoms. The first-order valence-corrected chi connectivity index (χ1v) is 7.89. The fourth-order valence-electron chi connectivity index (χ4n) is 2.83. The van der Waals surface area contributed by atoms with Crippen LogP contribution in [0.25, 0.3) is 11.1 Å². The van der Waals surface area contributed by atoms with Crippen LogP contribution < -0.4 is 0 Å². The zero-order valence-electron chi connectivity index (χ0n) is 11.1. The third-order valence-electron chi connectivity index (χ3n) is 4.25. The summed E-state index contributed by atoms with van der Waals surface area (Å²) in [5.74, 6) is 0. The van der Waals surface area contributed by atoms with Crippen LogP contribution in [-0.4, -0.2) is 10.2 Å². The Bertz CT molecular complexity index is 644. The molecule has 0 radical (unpaired) electrons. The van der Waals surface area contributed by atoms with Crippen molar-refractivity contribution in [3.8, 4) is 11.1 Å². The molecule has 2 N–H and O–H groups in total. The topological polar surface area (TPSA) is 40.5 Å². The molecular weight excluding hydrogens is 384 g/mol. The Labute approximate surface area is 134 Å². The van der Waals surface area contributed by atoms with Crippen LogP contribution in [0.15, 0.2) is 45.3 Å². The van der Waals surface area contributed by atoms with E-state index in [0.29, 0.717) is 0 Å². The van der Waals surface area contributed by atoms with Crippen LogP contribution >= 0.6 is 31.9 Å². The molecule has 0 aliphatic heterocycles. The average Bonchev–Trinajstić information content (AvgIpc) is 2.37. The molecule has 1 aliphatic rings. The number of hydrogen-bond acceptors (Lipinski definition) is 2. The Morgan fingerprint density at radius 3 is 1.45 bits per heavy atom. The van der Waals surface area contributed by atoms with Crippen LogP contribution in [0.3, 0.4) is 0 Å². The van der Waals surface area contributed by atoms with Crippen LogP contribution in [0, 0.1) is 0 Å². The van der Waals surface area contributed by atoms with E-state index < -0.39 is 11.2 Å².